The van der Waals surface area contributed by atoms with Crippen molar-refractivity contribution in [2.45, 2.75) is 26.2 Å². The van der Waals surface area contributed by atoms with Gasteiger partial charge in [-0.05, 0) is 48.2 Å². The zero-order valence-corrected chi connectivity index (χ0v) is 12.7. The molecule has 0 unspecified atom stereocenters. The molecule has 2 aromatic carbocycles. The van der Waals surface area contributed by atoms with Gasteiger partial charge in [-0.25, -0.2) is 0 Å². The second kappa shape index (κ2) is 6.93. The van der Waals surface area contributed by atoms with Crippen LogP contribution < -0.4 is 10.6 Å². The van der Waals surface area contributed by atoms with E-state index in [0.29, 0.717) is 12.8 Å². The number of nitrogens with two attached hydrogens (primary N) is 1. The standard InChI is InChI=1S/C18H22N2O/c1-3-14-7-10-17(11-8-14)20(2)18(21)12-9-15-5-4-6-16(19)13-15/h4-8,10-11,13H,3,9,12,19H2,1-2H3. The van der Waals surface area contributed by atoms with Gasteiger partial charge in [-0.15, -0.1) is 0 Å². The molecule has 0 aromatic heterocycles. The Morgan fingerprint density at radius 3 is 2.43 bits per heavy atom. The van der Waals surface area contributed by atoms with Gasteiger partial charge in [0.2, 0.25) is 5.91 Å². The third-order valence-corrected chi connectivity index (χ3v) is 3.68. The summed E-state index contributed by atoms with van der Waals surface area (Å²) in [5.41, 5.74) is 9.79. The molecule has 0 heterocycles. The van der Waals surface area contributed by atoms with Gasteiger partial charge < -0.3 is 10.6 Å². The lowest BCUT2D eigenvalue weighted by Gasteiger charge is -2.17. The average molecular weight is 282 g/mol. The molecule has 3 nitrogen and oxygen atoms in total. The Morgan fingerprint density at radius 1 is 1.10 bits per heavy atom. The van der Waals surface area contributed by atoms with Crippen LogP contribution in [0.2, 0.25) is 0 Å². The molecule has 0 saturated heterocycles. The summed E-state index contributed by atoms with van der Waals surface area (Å²) in [4.78, 5) is 14.0. The lowest BCUT2D eigenvalue weighted by molar-refractivity contribution is -0.118. The van der Waals surface area contributed by atoms with Crippen molar-refractivity contribution in [3.05, 3.63) is 59.7 Å². The number of carbonyl (C=O) groups is 1. The normalized spacial score (nSPS) is 10.4. The number of carbonyl (C=O) groups excluding carboxylic acids is 1. The summed E-state index contributed by atoms with van der Waals surface area (Å²) in [6, 6.07) is 15.8. The van der Waals surface area contributed by atoms with Crippen LogP contribution in [0.5, 0.6) is 0 Å². The molecule has 3 heteroatoms. The lowest BCUT2D eigenvalue weighted by atomic mass is 10.1. The predicted octanol–water partition coefficient (Wildman–Crippen LogP) is 3.43. The number of hydrogen-bond acceptors (Lipinski definition) is 2. The maximum Gasteiger partial charge on any atom is 0.227 e. The highest BCUT2D eigenvalue weighted by molar-refractivity contribution is 5.92. The minimum absolute atomic E-state index is 0.113. The quantitative estimate of drug-likeness (QED) is 0.854. The summed E-state index contributed by atoms with van der Waals surface area (Å²) in [6.07, 6.45) is 2.20. The van der Waals surface area contributed by atoms with Crippen LogP contribution in [-0.2, 0) is 17.6 Å². The van der Waals surface area contributed by atoms with Crippen molar-refractivity contribution in [3.8, 4) is 0 Å². The van der Waals surface area contributed by atoms with E-state index in [2.05, 4.69) is 19.1 Å². The van der Waals surface area contributed by atoms with Gasteiger partial charge in [-0.1, -0.05) is 31.2 Å². The average Bonchev–Trinajstić information content (AvgIpc) is 2.52. The number of anilines is 2. The fourth-order valence-corrected chi connectivity index (χ4v) is 2.27. The zero-order chi connectivity index (χ0) is 15.2. The first-order valence-electron chi connectivity index (χ1n) is 7.30. The van der Waals surface area contributed by atoms with Crippen LogP contribution in [-0.4, -0.2) is 13.0 Å². The fraction of sp³-hybridized carbons (Fsp3) is 0.278. The van der Waals surface area contributed by atoms with E-state index in [-0.39, 0.29) is 5.91 Å². The van der Waals surface area contributed by atoms with Gasteiger partial charge in [-0.3, -0.25) is 4.79 Å². The number of nitrogens with zero attached hydrogens (tertiary/aromatic N) is 1. The Bertz CT molecular complexity index is 605. The van der Waals surface area contributed by atoms with Gasteiger partial charge in [-0.2, -0.15) is 0 Å². The molecule has 0 spiro atoms. The number of amides is 1. The molecule has 0 atom stereocenters. The van der Waals surface area contributed by atoms with E-state index >= 15 is 0 Å². The van der Waals surface area contributed by atoms with Gasteiger partial charge in [0.25, 0.3) is 0 Å². The molecule has 1 amide bonds. The fourth-order valence-electron chi connectivity index (χ4n) is 2.27. The third kappa shape index (κ3) is 4.09. The Kier molecular flexibility index (Phi) is 4.99. The Morgan fingerprint density at radius 2 is 1.81 bits per heavy atom. The van der Waals surface area contributed by atoms with Crippen molar-refractivity contribution in [2.24, 2.45) is 0 Å². The highest BCUT2D eigenvalue weighted by atomic mass is 16.2. The molecule has 2 aromatic rings. The summed E-state index contributed by atoms with van der Waals surface area (Å²) in [7, 11) is 1.82. The summed E-state index contributed by atoms with van der Waals surface area (Å²) in [6.45, 7) is 2.12. The van der Waals surface area contributed by atoms with E-state index in [1.165, 1.54) is 5.56 Å². The molecular formula is C18H22N2O. The van der Waals surface area contributed by atoms with Crippen molar-refractivity contribution in [1.29, 1.82) is 0 Å². The van der Waals surface area contributed by atoms with Crippen LogP contribution in [0.3, 0.4) is 0 Å². The summed E-state index contributed by atoms with van der Waals surface area (Å²) < 4.78 is 0. The maximum atomic E-state index is 12.3. The van der Waals surface area contributed by atoms with Gasteiger partial charge in [0, 0.05) is 24.8 Å². The SMILES string of the molecule is CCc1ccc(N(C)C(=O)CCc2cccc(N)c2)cc1. The first-order chi connectivity index (χ1) is 10.1. The van der Waals surface area contributed by atoms with Crippen molar-refractivity contribution in [1.82, 2.24) is 0 Å². The first-order valence-corrected chi connectivity index (χ1v) is 7.30. The largest absolute Gasteiger partial charge is 0.399 e. The molecule has 0 bridgehead atoms. The van der Waals surface area contributed by atoms with Crippen LogP contribution in [0.25, 0.3) is 0 Å². The molecule has 21 heavy (non-hydrogen) atoms. The van der Waals surface area contributed by atoms with Crippen LogP contribution in [0, 0.1) is 0 Å². The van der Waals surface area contributed by atoms with Crippen LogP contribution in [0.15, 0.2) is 48.5 Å². The van der Waals surface area contributed by atoms with E-state index in [1.807, 2.05) is 43.4 Å². The number of benzene rings is 2. The molecule has 2 rings (SSSR count). The van der Waals surface area contributed by atoms with Gasteiger partial charge in [0.1, 0.15) is 0 Å². The molecule has 0 saturated carbocycles. The zero-order valence-electron chi connectivity index (χ0n) is 12.7. The van der Waals surface area contributed by atoms with Crippen LogP contribution in [0.1, 0.15) is 24.5 Å². The van der Waals surface area contributed by atoms with E-state index < -0.39 is 0 Å². The second-order valence-electron chi connectivity index (χ2n) is 5.22. The Balaban J connectivity index is 1.95. The lowest BCUT2D eigenvalue weighted by Crippen LogP contribution is -2.26. The highest BCUT2D eigenvalue weighted by Gasteiger charge is 2.10. The Labute approximate surface area is 126 Å². The van der Waals surface area contributed by atoms with Gasteiger partial charge >= 0.3 is 0 Å². The molecule has 2 N–H and O–H groups in total. The Hall–Kier alpha value is -2.29. The van der Waals surface area contributed by atoms with E-state index in [4.69, 9.17) is 5.73 Å². The number of rotatable bonds is 5. The molecule has 0 aliphatic heterocycles. The van der Waals surface area contributed by atoms with Crippen molar-refractivity contribution >= 4 is 17.3 Å². The number of aryl methyl sites for hydroxylation is 2. The van der Waals surface area contributed by atoms with Crippen molar-refractivity contribution in [3.63, 3.8) is 0 Å². The highest BCUT2D eigenvalue weighted by Crippen LogP contribution is 2.16. The van der Waals surface area contributed by atoms with E-state index in [9.17, 15) is 4.79 Å². The first kappa shape index (κ1) is 15.1. The molecule has 0 radical (unpaired) electrons. The van der Waals surface area contributed by atoms with Crippen LogP contribution >= 0.6 is 0 Å². The minimum atomic E-state index is 0.113. The number of hydrogen-bond donors (Lipinski definition) is 1. The second-order valence-corrected chi connectivity index (χ2v) is 5.22. The smallest absolute Gasteiger partial charge is 0.227 e. The molecule has 110 valence electrons. The predicted molar refractivity (Wildman–Crippen MR) is 88.4 cm³/mol. The number of nitrogen functional groups attached to an aromatic ring is 1. The van der Waals surface area contributed by atoms with Crippen molar-refractivity contribution < 1.29 is 4.79 Å². The van der Waals surface area contributed by atoms with E-state index in [1.54, 1.807) is 4.90 Å². The molecule has 0 aliphatic carbocycles. The summed E-state index contributed by atoms with van der Waals surface area (Å²) in [5, 5.41) is 0. The molecule has 0 fully saturated rings. The van der Waals surface area contributed by atoms with Crippen LogP contribution in [0.4, 0.5) is 11.4 Å². The summed E-state index contributed by atoms with van der Waals surface area (Å²) >= 11 is 0. The van der Waals surface area contributed by atoms with Crippen molar-refractivity contribution in [2.75, 3.05) is 17.7 Å². The topological polar surface area (TPSA) is 46.3 Å². The molecular weight excluding hydrogens is 260 g/mol. The minimum Gasteiger partial charge on any atom is -0.399 e. The maximum absolute atomic E-state index is 12.3. The molecule has 0 aliphatic rings. The summed E-state index contributed by atoms with van der Waals surface area (Å²) in [5.74, 6) is 0.113. The van der Waals surface area contributed by atoms with E-state index in [0.717, 1.165) is 23.4 Å². The third-order valence-electron chi connectivity index (χ3n) is 3.68. The van der Waals surface area contributed by atoms with Gasteiger partial charge in [0.05, 0.1) is 0 Å². The van der Waals surface area contributed by atoms with Gasteiger partial charge in [0.15, 0.2) is 0 Å². The monoisotopic (exact) mass is 282 g/mol.